The van der Waals surface area contributed by atoms with E-state index >= 15 is 0 Å². The quantitative estimate of drug-likeness (QED) is 0.703. The third kappa shape index (κ3) is 1.11. The molecule has 2 aromatic rings. The van der Waals surface area contributed by atoms with E-state index in [9.17, 15) is 0 Å². The molecule has 1 saturated heterocycles. The summed E-state index contributed by atoms with van der Waals surface area (Å²) >= 11 is 0. The Bertz CT molecular complexity index is 442. The summed E-state index contributed by atoms with van der Waals surface area (Å²) in [6.07, 6.45) is 4.76. The summed E-state index contributed by atoms with van der Waals surface area (Å²) in [5.74, 6) is 0.612. The summed E-state index contributed by atoms with van der Waals surface area (Å²) < 4.78 is 0. The second-order valence-corrected chi connectivity index (χ2v) is 3.69. The molecule has 4 heteroatoms. The fourth-order valence-corrected chi connectivity index (χ4v) is 2.13. The van der Waals surface area contributed by atoms with Crippen LogP contribution < -0.4 is 5.32 Å². The number of hydrogen-bond acceptors (Lipinski definition) is 3. The molecule has 2 N–H and O–H groups in total. The zero-order valence-corrected chi connectivity index (χ0v) is 7.83. The number of nitrogens with zero attached hydrogens (tertiary/aromatic N) is 2. The number of hydrogen-bond donors (Lipinski definition) is 2. The van der Waals surface area contributed by atoms with Gasteiger partial charge in [0.05, 0.1) is 11.8 Å². The van der Waals surface area contributed by atoms with Gasteiger partial charge < -0.3 is 10.3 Å². The van der Waals surface area contributed by atoms with Gasteiger partial charge >= 0.3 is 0 Å². The van der Waals surface area contributed by atoms with Gasteiger partial charge in [-0.1, -0.05) is 0 Å². The van der Waals surface area contributed by atoms with E-state index in [0.717, 1.165) is 24.3 Å². The van der Waals surface area contributed by atoms with Gasteiger partial charge in [0.25, 0.3) is 0 Å². The highest BCUT2D eigenvalue weighted by Gasteiger charge is 2.19. The Morgan fingerprint density at radius 3 is 3.21 bits per heavy atom. The first-order valence-corrected chi connectivity index (χ1v) is 4.94. The molecular weight excluding hydrogens is 176 g/mol. The van der Waals surface area contributed by atoms with Crippen molar-refractivity contribution in [2.75, 3.05) is 13.1 Å². The standard InChI is InChI=1S/C10H12N4/c1-3-11-5-7(1)8-2-4-12-10-9(8)13-6-14-10/h2,4,6-7,11H,1,3,5H2,(H,12,13,14). The molecule has 3 heterocycles. The average molecular weight is 188 g/mol. The van der Waals surface area contributed by atoms with Crippen LogP contribution in [0.5, 0.6) is 0 Å². The highest BCUT2D eigenvalue weighted by atomic mass is 15.0. The molecule has 1 atom stereocenters. The fraction of sp³-hybridized carbons (Fsp3) is 0.400. The molecule has 14 heavy (non-hydrogen) atoms. The first-order chi connectivity index (χ1) is 6.95. The van der Waals surface area contributed by atoms with Crippen LogP contribution in [-0.4, -0.2) is 28.0 Å². The van der Waals surface area contributed by atoms with E-state index in [-0.39, 0.29) is 0 Å². The lowest BCUT2D eigenvalue weighted by Crippen LogP contribution is -2.08. The number of rotatable bonds is 1. The maximum absolute atomic E-state index is 4.21. The summed E-state index contributed by atoms with van der Waals surface area (Å²) in [4.78, 5) is 11.5. The van der Waals surface area contributed by atoms with Crippen LogP contribution in [0.1, 0.15) is 17.9 Å². The van der Waals surface area contributed by atoms with Crippen molar-refractivity contribution in [2.45, 2.75) is 12.3 Å². The third-order valence-electron chi connectivity index (χ3n) is 2.86. The van der Waals surface area contributed by atoms with Crippen molar-refractivity contribution in [2.24, 2.45) is 0 Å². The molecule has 72 valence electrons. The number of nitrogens with one attached hydrogen (secondary N) is 2. The van der Waals surface area contributed by atoms with Gasteiger partial charge in [0, 0.05) is 12.7 Å². The lowest BCUT2D eigenvalue weighted by atomic mass is 9.99. The Labute approximate surface area is 81.8 Å². The number of imidazole rings is 1. The van der Waals surface area contributed by atoms with Crippen LogP contribution in [0.2, 0.25) is 0 Å². The molecule has 3 rings (SSSR count). The second kappa shape index (κ2) is 3.06. The van der Waals surface area contributed by atoms with Crippen molar-refractivity contribution in [3.63, 3.8) is 0 Å². The molecule has 2 aromatic heterocycles. The topological polar surface area (TPSA) is 53.6 Å². The lowest BCUT2D eigenvalue weighted by Gasteiger charge is -2.08. The molecule has 0 radical (unpaired) electrons. The number of pyridine rings is 1. The number of fused-ring (bicyclic) bond motifs is 1. The van der Waals surface area contributed by atoms with Crippen LogP contribution >= 0.6 is 0 Å². The second-order valence-electron chi connectivity index (χ2n) is 3.69. The van der Waals surface area contributed by atoms with Crippen molar-refractivity contribution in [3.05, 3.63) is 24.2 Å². The summed E-state index contributed by atoms with van der Waals surface area (Å²) in [6, 6.07) is 2.10. The normalized spacial score (nSPS) is 21.9. The van der Waals surface area contributed by atoms with Crippen LogP contribution in [0.15, 0.2) is 18.6 Å². The van der Waals surface area contributed by atoms with Crippen LogP contribution in [0.4, 0.5) is 0 Å². The van der Waals surface area contributed by atoms with Gasteiger partial charge in [0.2, 0.25) is 0 Å². The Morgan fingerprint density at radius 2 is 2.36 bits per heavy atom. The zero-order valence-electron chi connectivity index (χ0n) is 7.83. The molecule has 0 amide bonds. The van der Waals surface area contributed by atoms with Gasteiger partial charge in [0.1, 0.15) is 0 Å². The Hall–Kier alpha value is -1.42. The maximum Gasteiger partial charge on any atom is 0.177 e. The van der Waals surface area contributed by atoms with Crippen molar-refractivity contribution < 1.29 is 0 Å². The summed E-state index contributed by atoms with van der Waals surface area (Å²) in [7, 11) is 0. The van der Waals surface area contributed by atoms with Gasteiger partial charge in [-0.3, -0.25) is 0 Å². The molecular formula is C10H12N4. The molecule has 0 aliphatic carbocycles. The predicted molar refractivity (Wildman–Crippen MR) is 54.1 cm³/mol. The molecule has 0 saturated carbocycles. The SMILES string of the molecule is c1cc(C2CCNC2)c2[nH]cnc2n1. The van der Waals surface area contributed by atoms with Gasteiger partial charge in [-0.2, -0.15) is 0 Å². The Morgan fingerprint density at radius 1 is 1.36 bits per heavy atom. The largest absolute Gasteiger partial charge is 0.343 e. The third-order valence-corrected chi connectivity index (χ3v) is 2.86. The first-order valence-electron chi connectivity index (χ1n) is 4.94. The van der Waals surface area contributed by atoms with Gasteiger partial charge in [0.15, 0.2) is 5.65 Å². The first kappa shape index (κ1) is 7.94. The minimum atomic E-state index is 0.612. The van der Waals surface area contributed by atoms with Gasteiger partial charge in [-0.15, -0.1) is 0 Å². The van der Waals surface area contributed by atoms with Crippen LogP contribution in [0.3, 0.4) is 0 Å². The van der Waals surface area contributed by atoms with Crippen molar-refractivity contribution in [3.8, 4) is 0 Å². The smallest absolute Gasteiger partial charge is 0.177 e. The molecule has 1 fully saturated rings. The molecule has 1 aliphatic heterocycles. The molecule has 1 aliphatic rings. The molecule has 1 unspecified atom stereocenters. The summed E-state index contributed by atoms with van der Waals surface area (Å²) in [5, 5.41) is 3.37. The van der Waals surface area contributed by atoms with E-state index in [1.807, 2.05) is 6.20 Å². The lowest BCUT2D eigenvalue weighted by molar-refractivity contribution is 0.767. The van der Waals surface area contributed by atoms with Crippen LogP contribution in [0, 0.1) is 0 Å². The molecule has 0 bridgehead atoms. The summed E-state index contributed by atoms with van der Waals surface area (Å²) in [6.45, 7) is 2.18. The minimum Gasteiger partial charge on any atom is -0.343 e. The fourth-order valence-electron chi connectivity index (χ4n) is 2.13. The van der Waals surface area contributed by atoms with E-state index in [4.69, 9.17) is 0 Å². The maximum atomic E-state index is 4.21. The number of aromatic amines is 1. The van der Waals surface area contributed by atoms with Crippen molar-refractivity contribution in [1.29, 1.82) is 0 Å². The number of H-pyrrole nitrogens is 1. The van der Waals surface area contributed by atoms with Gasteiger partial charge in [-0.25, -0.2) is 9.97 Å². The zero-order chi connectivity index (χ0) is 9.38. The number of aromatic nitrogens is 3. The van der Waals surface area contributed by atoms with E-state index in [0.29, 0.717) is 5.92 Å². The predicted octanol–water partition coefficient (Wildman–Crippen LogP) is 1.03. The van der Waals surface area contributed by atoms with E-state index < -0.39 is 0 Å². The van der Waals surface area contributed by atoms with E-state index in [1.165, 1.54) is 12.0 Å². The highest BCUT2D eigenvalue weighted by molar-refractivity contribution is 5.74. The average Bonchev–Trinajstić information content (AvgIpc) is 2.88. The molecule has 0 spiro atoms. The molecule has 4 nitrogen and oxygen atoms in total. The Kier molecular flexibility index (Phi) is 1.73. The molecule has 0 aromatic carbocycles. The Balaban J connectivity index is 2.14. The van der Waals surface area contributed by atoms with Crippen molar-refractivity contribution >= 4 is 11.2 Å². The highest BCUT2D eigenvalue weighted by Crippen LogP contribution is 2.26. The van der Waals surface area contributed by atoms with Crippen LogP contribution in [-0.2, 0) is 0 Å². The van der Waals surface area contributed by atoms with Crippen LogP contribution in [0.25, 0.3) is 11.2 Å². The van der Waals surface area contributed by atoms with Gasteiger partial charge in [-0.05, 0) is 30.5 Å². The summed E-state index contributed by atoms with van der Waals surface area (Å²) in [5.41, 5.74) is 3.27. The van der Waals surface area contributed by atoms with E-state index in [2.05, 4.69) is 26.3 Å². The van der Waals surface area contributed by atoms with Crippen molar-refractivity contribution in [1.82, 2.24) is 20.3 Å². The minimum absolute atomic E-state index is 0.612. The van der Waals surface area contributed by atoms with E-state index in [1.54, 1.807) is 6.33 Å². The monoisotopic (exact) mass is 188 g/mol.